The Hall–Kier alpha value is -0.130. The number of nitrogens with one attached hydrogen (secondary N) is 1. The van der Waals surface area contributed by atoms with E-state index < -0.39 is 10.0 Å². The third kappa shape index (κ3) is 3.74. The molecule has 4 nitrogen and oxygen atoms in total. The van der Waals surface area contributed by atoms with Gasteiger partial charge in [0.05, 0.1) is 5.75 Å². The van der Waals surface area contributed by atoms with E-state index in [4.69, 9.17) is 0 Å². The molecule has 0 bridgehead atoms. The molecule has 1 fully saturated rings. The van der Waals surface area contributed by atoms with Gasteiger partial charge in [-0.15, -0.1) is 0 Å². The highest BCUT2D eigenvalue weighted by atomic mass is 32.2. The van der Waals surface area contributed by atoms with Crippen LogP contribution in [-0.4, -0.2) is 44.7 Å². The van der Waals surface area contributed by atoms with Crippen LogP contribution in [-0.2, 0) is 10.0 Å². The lowest BCUT2D eigenvalue weighted by molar-refractivity contribution is 0.344. The molecule has 2 atom stereocenters. The summed E-state index contributed by atoms with van der Waals surface area (Å²) >= 11 is 0. The largest absolute Gasteiger partial charge is 0.302 e. The molecule has 5 heteroatoms. The summed E-state index contributed by atoms with van der Waals surface area (Å²) in [6.45, 7) is 8.94. The van der Waals surface area contributed by atoms with Crippen LogP contribution in [0.25, 0.3) is 0 Å². The van der Waals surface area contributed by atoms with Gasteiger partial charge in [-0.05, 0) is 18.9 Å². The first-order valence-electron chi connectivity index (χ1n) is 5.70. The average molecular weight is 234 g/mol. The highest BCUT2D eigenvalue weighted by Crippen LogP contribution is 2.16. The predicted molar refractivity (Wildman–Crippen MR) is 62.3 cm³/mol. The Labute approximate surface area is 93.1 Å². The average Bonchev–Trinajstić information content (AvgIpc) is 2.46. The standard InChI is InChI=1S/C10H22N2O2S/c1-4-6-15(13,14)11-10-8-12(5-2)7-9(10)3/h9-11H,4-8H2,1-3H3/t9-,10-/m0/s1. The number of likely N-dealkylation sites (tertiary alicyclic amines) is 1. The quantitative estimate of drug-likeness (QED) is 0.760. The summed E-state index contributed by atoms with van der Waals surface area (Å²) < 4.78 is 26.0. The van der Waals surface area contributed by atoms with E-state index in [9.17, 15) is 8.42 Å². The number of hydrogen-bond acceptors (Lipinski definition) is 3. The van der Waals surface area contributed by atoms with Gasteiger partial charge in [-0.3, -0.25) is 0 Å². The Morgan fingerprint density at radius 2 is 2.00 bits per heavy atom. The SMILES string of the molecule is CCCS(=O)(=O)N[C@H]1CN(CC)C[C@@H]1C. The van der Waals surface area contributed by atoms with Gasteiger partial charge < -0.3 is 4.90 Å². The van der Waals surface area contributed by atoms with Gasteiger partial charge in [0.15, 0.2) is 0 Å². The van der Waals surface area contributed by atoms with E-state index in [2.05, 4.69) is 23.5 Å². The van der Waals surface area contributed by atoms with Crippen molar-refractivity contribution >= 4 is 10.0 Å². The topological polar surface area (TPSA) is 49.4 Å². The summed E-state index contributed by atoms with van der Waals surface area (Å²) in [6.07, 6.45) is 0.675. The summed E-state index contributed by atoms with van der Waals surface area (Å²) in [5, 5.41) is 0. The fourth-order valence-electron chi connectivity index (χ4n) is 2.04. The van der Waals surface area contributed by atoms with Gasteiger partial charge in [0.2, 0.25) is 10.0 Å². The van der Waals surface area contributed by atoms with Crippen LogP contribution in [0.1, 0.15) is 27.2 Å². The molecular weight excluding hydrogens is 212 g/mol. The number of hydrogen-bond donors (Lipinski definition) is 1. The maximum atomic E-state index is 11.6. The zero-order chi connectivity index (χ0) is 11.5. The number of likely N-dealkylation sites (N-methyl/N-ethyl adjacent to an activating group) is 1. The maximum Gasteiger partial charge on any atom is 0.211 e. The van der Waals surface area contributed by atoms with Gasteiger partial charge in [0, 0.05) is 19.1 Å². The van der Waals surface area contributed by atoms with Gasteiger partial charge in [-0.2, -0.15) is 0 Å². The molecule has 0 aromatic heterocycles. The van der Waals surface area contributed by atoms with Gasteiger partial charge >= 0.3 is 0 Å². The van der Waals surface area contributed by atoms with Crippen molar-refractivity contribution in [2.45, 2.75) is 33.2 Å². The van der Waals surface area contributed by atoms with Crippen molar-refractivity contribution in [3.05, 3.63) is 0 Å². The Kier molecular flexibility index (Phi) is 4.55. The maximum absolute atomic E-state index is 11.6. The minimum atomic E-state index is -3.06. The lowest BCUT2D eigenvalue weighted by Gasteiger charge is -2.16. The molecule has 0 spiro atoms. The second-order valence-electron chi connectivity index (χ2n) is 4.37. The van der Waals surface area contributed by atoms with Crippen molar-refractivity contribution < 1.29 is 8.42 Å². The highest BCUT2D eigenvalue weighted by molar-refractivity contribution is 7.89. The van der Waals surface area contributed by atoms with Crippen molar-refractivity contribution in [2.24, 2.45) is 5.92 Å². The van der Waals surface area contributed by atoms with E-state index in [0.29, 0.717) is 12.3 Å². The molecule has 0 radical (unpaired) electrons. The highest BCUT2D eigenvalue weighted by Gasteiger charge is 2.31. The Bertz CT molecular complexity index is 290. The van der Waals surface area contributed by atoms with E-state index >= 15 is 0 Å². The molecule has 0 amide bonds. The molecule has 0 unspecified atom stereocenters. The molecule has 1 heterocycles. The molecule has 1 N–H and O–H groups in total. The van der Waals surface area contributed by atoms with Gasteiger partial charge in [-0.1, -0.05) is 20.8 Å². The second-order valence-corrected chi connectivity index (χ2v) is 6.25. The lowest BCUT2D eigenvalue weighted by atomic mass is 10.1. The van der Waals surface area contributed by atoms with Crippen molar-refractivity contribution in [1.82, 2.24) is 9.62 Å². The Morgan fingerprint density at radius 1 is 1.33 bits per heavy atom. The van der Waals surface area contributed by atoms with Crippen LogP contribution in [0.2, 0.25) is 0 Å². The fraction of sp³-hybridized carbons (Fsp3) is 1.00. The summed E-state index contributed by atoms with van der Waals surface area (Å²) in [7, 11) is -3.06. The molecule has 1 aliphatic heterocycles. The van der Waals surface area contributed by atoms with Crippen LogP contribution in [0.3, 0.4) is 0 Å². The molecule has 0 aromatic carbocycles. The van der Waals surface area contributed by atoms with Crippen molar-refractivity contribution in [3.8, 4) is 0 Å². The Balaban J connectivity index is 2.52. The van der Waals surface area contributed by atoms with Gasteiger partial charge in [0.1, 0.15) is 0 Å². The number of rotatable bonds is 5. The molecular formula is C10H22N2O2S. The van der Waals surface area contributed by atoms with Crippen molar-refractivity contribution in [3.63, 3.8) is 0 Å². The van der Waals surface area contributed by atoms with Crippen LogP contribution < -0.4 is 4.72 Å². The normalized spacial score (nSPS) is 28.5. The van der Waals surface area contributed by atoms with E-state index in [1.54, 1.807) is 0 Å². The first-order valence-corrected chi connectivity index (χ1v) is 7.36. The summed E-state index contributed by atoms with van der Waals surface area (Å²) in [5.74, 6) is 0.652. The first kappa shape index (κ1) is 12.9. The van der Waals surface area contributed by atoms with Crippen molar-refractivity contribution in [2.75, 3.05) is 25.4 Å². The second kappa shape index (κ2) is 5.27. The molecule has 1 rings (SSSR count). The lowest BCUT2D eigenvalue weighted by Crippen LogP contribution is -2.40. The minimum Gasteiger partial charge on any atom is -0.302 e. The molecule has 0 aromatic rings. The van der Waals surface area contributed by atoms with Crippen LogP contribution in [0.15, 0.2) is 0 Å². The van der Waals surface area contributed by atoms with E-state index in [-0.39, 0.29) is 11.8 Å². The molecule has 0 saturated carbocycles. The number of sulfonamides is 1. The van der Waals surface area contributed by atoms with Gasteiger partial charge in [-0.25, -0.2) is 13.1 Å². The zero-order valence-electron chi connectivity index (χ0n) is 9.86. The number of nitrogens with zero attached hydrogens (tertiary/aromatic N) is 1. The summed E-state index contributed by atoms with van der Waals surface area (Å²) in [6, 6.07) is 0.0986. The molecule has 0 aliphatic carbocycles. The first-order chi connectivity index (χ1) is 6.98. The molecule has 90 valence electrons. The molecule has 15 heavy (non-hydrogen) atoms. The van der Waals surface area contributed by atoms with Crippen LogP contribution >= 0.6 is 0 Å². The van der Waals surface area contributed by atoms with E-state index in [1.807, 2.05) is 6.92 Å². The van der Waals surface area contributed by atoms with E-state index in [1.165, 1.54) is 0 Å². The van der Waals surface area contributed by atoms with Crippen LogP contribution in [0, 0.1) is 5.92 Å². The van der Waals surface area contributed by atoms with Gasteiger partial charge in [0.25, 0.3) is 0 Å². The summed E-state index contributed by atoms with van der Waals surface area (Å²) in [4.78, 5) is 2.28. The zero-order valence-corrected chi connectivity index (χ0v) is 10.7. The third-order valence-corrected chi connectivity index (χ3v) is 4.55. The smallest absolute Gasteiger partial charge is 0.211 e. The van der Waals surface area contributed by atoms with E-state index in [0.717, 1.165) is 19.6 Å². The van der Waals surface area contributed by atoms with Crippen molar-refractivity contribution in [1.29, 1.82) is 0 Å². The predicted octanol–water partition coefficient (Wildman–Crippen LogP) is 0.656. The fourth-order valence-corrected chi connectivity index (χ4v) is 3.46. The Morgan fingerprint density at radius 3 is 2.47 bits per heavy atom. The third-order valence-electron chi connectivity index (χ3n) is 2.94. The van der Waals surface area contributed by atoms with Crippen LogP contribution in [0.4, 0.5) is 0 Å². The monoisotopic (exact) mass is 234 g/mol. The molecule has 1 saturated heterocycles. The summed E-state index contributed by atoms with van der Waals surface area (Å²) in [5.41, 5.74) is 0. The minimum absolute atomic E-state index is 0.0986. The van der Waals surface area contributed by atoms with Crippen LogP contribution in [0.5, 0.6) is 0 Å². The molecule has 1 aliphatic rings.